The summed E-state index contributed by atoms with van der Waals surface area (Å²) < 4.78 is 22.7. The molecule has 2 N–H and O–H groups in total. The van der Waals surface area contributed by atoms with Crippen molar-refractivity contribution in [1.29, 1.82) is 0 Å². The summed E-state index contributed by atoms with van der Waals surface area (Å²) in [5.74, 6) is 0.290. The predicted molar refractivity (Wildman–Crippen MR) is 185 cm³/mol. The first kappa shape index (κ1) is 32.1. The van der Waals surface area contributed by atoms with Gasteiger partial charge in [-0.25, -0.2) is 19.2 Å². The third kappa shape index (κ3) is 6.91. The molecule has 252 valence electrons. The molecule has 2 aliphatic rings. The number of pyridine rings is 1. The SMILES string of the molecule is CN(C)[C@H]1CCN(C(=O)c2ccc(NC(=O)Nc3ccc(-c4nc(N5CCOCC5)c5ncc(-c6cnn(C)c6)cc5n4)cc3F)cc2)C1. The second-order valence-electron chi connectivity index (χ2n) is 12.5. The first-order valence-corrected chi connectivity index (χ1v) is 16.1. The first-order valence-electron chi connectivity index (χ1n) is 16.1. The van der Waals surface area contributed by atoms with Gasteiger partial charge in [-0.05, 0) is 69.0 Å². The van der Waals surface area contributed by atoms with E-state index in [-0.39, 0.29) is 11.6 Å². The van der Waals surface area contributed by atoms with Crippen molar-refractivity contribution in [2.75, 3.05) is 69.0 Å². The smallest absolute Gasteiger partial charge is 0.323 e. The number of urea groups is 1. The Balaban J connectivity index is 1.07. The van der Waals surface area contributed by atoms with Crippen LogP contribution in [0, 0.1) is 5.82 Å². The number of amides is 3. The third-order valence-electron chi connectivity index (χ3n) is 8.91. The van der Waals surface area contributed by atoms with Crippen molar-refractivity contribution >= 4 is 40.2 Å². The average Bonchev–Trinajstić information content (AvgIpc) is 3.79. The number of nitrogens with zero attached hydrogens (tertiary/aromatic N) is 8. The van der Waals surface area contributed by atoms with Crippen LogP contribution in [0.5, 0.6) is 0 Å². The quantitative estimate of drug-likeness (QED) is 0.258. The molecule has 3 amide bonds. The number of carbonyl (C=O) groups excluding carboxylic acids is 2. The Labute approximate surface area is 282 Å². The van der Waals surface area contributed by atoms with Crippen LogP contribution in [0.25, 0.3) is 33.5 Å². The number of morpholine rings is 1. The van der Waals surface area contributed by atoms with Crippen LogP contribution in [-0.4, -0.2) is 106 Å². The Morgan fingerprint density at radius 2 is 1.73 bits per heavy atom. The molecule has 0 radical (unpaired) electrons. The van der Waals surface area contributed by atoms with E-state index in [1.165, 1.54) is 12.1 Å². The van der Waals surface area contributed by atoms with Gasteiger partial charge in [0.25, 0.3) is 5.91 Å². The van der Waals surface area contributed by atoms with Gasteiger partial charge in [-0.15, -0.1) is 0 Å². The molecule has 14 heteroatoms. The van der Waals surface area contributed by atoms with Gasteiger partial charge in [-0.1, -0.05) is 0 Å². The maximum atomic E-state index is 15.5. The van der Waals surface area contributed by atoms with Crippen molar-refractivity contribution in [3.05, 3.63) is 78.5 Å². The molecular formula is C35H37FN10O3. The van der Waals surface area contributed by atoms with Crippen molar-refractivity contribution in [2.45, 2.75) is 12.5 Å². The van der Waals surface area contributed by atoms with E-state index < -0.39 is 11.8 Å². The van der Waals surface area contributed by atoms with Crippen LogP contribution < -0.4 is 15.5 Å². The summed E-state index contributed by atoms with van der Waals surface area (Å²) in [6.07, 6.45) is 6.38. The second kappa shape index (κ2) is 13.6. The van der Waals surface area contributed by atoms with Crippen LogP contribution in [0.1, 0.15) is 16.8 Å². The Morgan fingerprint density at radius 1 is 0.939 bits per heavy atom. The Kier molecular flexibility index (Phi) is 8.89. The summed E-state index contributed by atoms with van der Waals surface area (Å²) in [5.41, 5.74) is 4.45. The maximum absolute atomic E-state index is 15.5. The van der Waals surface area contributed by atoms with Gasteiger partial charge < -0.3 is 30.1 Å². The third-order valence-corrected chi connectivity index (χ3v) is 8.91. The number of rotatable bonds is 7. The summed E-state index contributed by atoms with van der Waals surface area (Å²) in [6, 6.07) is 12.8. The number of carbonyl (C=O) groups is 2. The number of aryl methyl sites for hydroxylation is 1. The molecule has 5 heterocycles. The lowest BCUT2D eigenvalue weighted by molar-refractivity contribution is 0.0783. The minimum absolute atomic E-state index is 0.00718. The molecule has 0 spiro atoms. The number of fused-ring (bicyclic) bond motifs is 1. The summed E-state index contributed by atoms with van der Waals surface area (Å²) >= 11 is 0. The fourth-order valence-corrected chi connectivity index (χ4v) is 6.12. The number of nitrogens with one attached hydrogen (secondary N) is 2. The van der Waals surface area contributed by atoms with E-state index in [1.54, 1.807) is 47.4 Å². The second-order valence-corrected chi connectivity index (χ2v) is 12.5. The number of likely N-dealkylation sites (N-methyl/N-ethyl adjacent to an activating group) is 1. The lowest BCUT2D eigenvalue weighted by Crippen LogP contribution is -2.37. The van der Waals surface area contributed by atoms with Crippen molar-refractivity contribution in [2.24, 2.45) is 7.05 Å². The van der Waals surface area contributed by atoms with Gasteiger partial charge in [-0.2, -0.15) is 5.10 Å². The fraction of sp³-hybridized carbons (Fsp3) is 0.314. The largest absolute Gasteiger partial charge is 0.378 e. The van der Waals surface area contributed by atoms with E-state index in [4.69, 9.17) is 19.7 Å². The lowest BCUT2D eigenvalue weighted by atomic mass is 10.1. The van der Waals surface area contributed by atoms with E-state index in [0.29, 0.717) is 84.9 Å². The van der Waals surface area contributed by atoms with E-state index in [2.05, 4.69) is 25.5 Å². The highest BCUT2D eigenvalue weighted by atomic mass is 19.1. The summed E-state index contributed by atoms with van der Waals surface area (Å²) in [4.78, 5) is 46.2. The van der Waals surface area contributed by atoms with Gasteiger partial charge in [0.15, 0.2) is 11.6 Å². The van der Waals surface area contributed by atoms with Gasteiger partial charge in [0.1, 0.15) is 11.3 Å². The number of likely N-dealkylation sites (tertiary alicyclic amines) is 1. The molecule has 0 bridgehead atoms. The number of anilines is 3. The van der Waals surface area contributed by atoms with Crippen LogP contribution in [0.4, 0.5) is 26.4 Å². The van der Waals surface area contributed by atoms with Gasteiger partial charge in [0.05, 0.1) is 30.6 Å². The van der Waals surface area contributed by atoms with Crippen LogP contribution >= 0.6 is 0 Å². The van der Waals surface area contributed by atoms with E-state index in [9.17, 15) is 9.59 Å². The van der Waals surface area contributed by atoms with Gasteiger partial charge in [0, 0.05) is 79.6 Å². The molecule has 13 nitrogen and oxygen atoms in total. The number of ether oxygens (including phenoxy) is 1. The minimum atomic E-state index is -0.644. The molecule has 0 unspecified atom stereocenters. The fourth-order valence-electron chi connectivity index (χ4n) is 6.12. The Morgan fingerprint density at radius 3 is 2.43 bits per heavy atom. The van der Waals surface area contributed by atoms with E-state index in [1.807, 2.05) is 38.3 Å². The summed E-state index contributed by atoms with van der Waals surface area (Å²) in [7, 11) is 5.88. The van der Waals surface area contributed by atoms with Crippen LogP contribution in [0.2, 0.25) is 0 Å². The predicted octanol–water partition coefficient (Wildman–Crippen LogP) is 4.49. The topological polar surface area (TPSA) is 134 Å². The van der Waals surface area contributed by atoms with Crippen molar-refractivity contribution in [3.8, 4) is 22.5 Å². The monoisotopic (exact) mass is 664 g/mol. The van der Waals surface area contributed by atoms with Crippen molar-refractivity contribution < 1.29 is 18.7 Å². The molecule has 0 aliphatic carbocycles. The van der Waals surface area contributed by atoms with Crippen LogP contribution in [0.15, 0.2) is 67.1 Å². The lowest BCUT2D eigenvalue weighted by Gasteiger charge is -2.28. The normalized spacial score (nSPS) is 16.4. The Hall–Kier alpha value is -5.47. The zero-order valence-corrected chi connectivity index (χ0v) is 27.6. The number of hydrogen-bond donors (Lipinski definition) is 2. The Bertz CT molecular complexity index is 2010. The van der Waals surface area contributed by atoms with Gasteiger partial charge in [-0.3, -0.25) is 14.5 Å². The highest BCUT2D eigenvalue weighted by Gasteiger charge is 2.28. The highest BCUT2D eigenvalue weighted by molar-refractivity contribution is 6.01. The maximum Gasteiger partial charge on any atom is 0.323 e. The molecular weight excluding hydrogens is 627 g/mol. The highest BCUT2D eigenvalue weighted by Crippen LogP contribution is 2.31. The molecule has 3 aromatic heterocycles. The van der Waals surface area contributed by atoms with Crippen molar-refractivity contribution in [1.82, 2.24) is 34.5 Å². The van der Waals surface area contributed by atoms with Gasteiger partial charge >= 0.3 is 6.03 Å². The molecule has 7 rings (SSSR count). The zero-order chi connectivity index (χ0) is 34.1. The molecule has 5 aromatic rings. The molecule has 2 saturated heterocycles. The summed E-state index contributed by atoms with van der Waals surface area (Å²) in [6.45, 7) is 3.79. The van der Waals surface area contributed by atoms with Crippen molar-refractivity contribution in [3.63, 3.8) is 0 Å². The number of aromatic nitrogens is 5. The number of halogens is 1. The van der Waals surface area contributed by atoms with Crippen LogP contribution in [0.3, 0.4) is 0 Å². The summed E-state index contributed by atoms with van der Waals surface area (Å²) in [5, 5.41) is 9.54. The molecule has 2 aromatic carbocycles. The number of benzene rings is 2. The van der Waals surface area contributed by atoms with Crippen LogP contribution in [-0.2, 0) is 11.8 Å². The molecule has 49 heavy (non-hydrogen) atoms. The molecule has 0 saturated carbocycles. The zero-order valence-electron chi connectivity index (χ0n) is 27.6. The van der Waals surface area contributed by atoms with E-state index >= 15 is 4.39 Å². The molecule has 2 aliphatic heterocycles. The molecule has 2 fully saturated rings. The standard InChI is InChI=1S/C35H37FN10O3/c1-43(2)27-10-11-46(21-27)34(47)22-4-7-26(8-5-22)39-35(48)41-29-9-6-23(16-28(29)36)32-40-30-17-24(25-19-38-44(3)20-25)18-37-31(30)33(42-32)45-12-14-49-15-13-45/h4-9,16-20,27H,10-15,21H2,1-3H3,(H2,39,41,48)/t27-/m0/s1. The van der Waals surface area contributed by atoms with Gasteiger partial charge in [0.2, 0.25) is 0 Å². The number of hydrogen-bond acceptors (Lipinski definition) is 9. The first-order chi connectivity index (χ1) is 23.7. The molecule has 1 atom stereocenters. The minimum Gasteiger partial charge on any atom is -0.378 e. The average molecular weight is 665 g/mol. The van der Waals surface area contributed by atoms with E-state index in [0.717, 1.165) is 17.5 Å².